The molecular formula is C28H24N2O2. The van der Waals surface area contributed by atoms with E-state index in [0.717, 1.165) is 22.7 Å². The monoisotopic (exact) mass is 420 g/mol. The number of carbonyl (C=O) groups is 1. The van der Waals surface area contributed by atoms with E-state index in [1.54, 1.807) is 7.11 Å². The Balaban J connectivity index is 1.71. The standard InChI is InChI=1S/C28H24N2O2/c1-32-24-18-16-22(17-19-24)27-29(20-21-10-4-2-5-11-21)26-15-9-8-14-25(26)28(31)30(27)23-12-6-3-7-13-23/h2-19,27H,20H2,1H3/t27-/m0/s1. The molecule has 1 amide bonds. The smallest absolute Gasteiger partial charge is 0.262 e. The summed E-state index contributed by atoms with van der Waals surface area (Å²) in [6.07, 6.45) is -0.300. The molecule has 0 radical (unpaired) electrons. The number of hydrogen-bond acceptors (Lipinski definition) is 3. The van der Waals surface area contributed by atoms with Crippen molar-refractivity contribution in [3.63, 3.8) is 0 Å². The molecule has 1 atom stereocenters. The number of amides is 1. The van der Waals surface area contributed by atoms with Crippen LogP contribution in [0.3, 0.4) is 0 Å². The van der Waals surface area contributed by atoms with Crippen LogP contribution in [0.25, 0.3) is 0 Å². The molecule has 0 saturated carbocycles. The van der Waals surface area contributed by atoms with Crippen molar-refractivity contribution >= 4 is 17.3 Å². The minimum atomic E-state index is -0.300. The van der Waals surface area contributed by atoms with Gasteiger partial charge >= 0.3 is 0 Å². The first kappa shape index (κ1) is 19.9. The largest absolute Gasteiger partial charge is 0.497 e. The maximum atomic E-state index is 13.8. The molecule has 5 rings (SSSR count). The average molecular weight is 421 g/mol. The zero-order valence-corrected chi connectivity index (χ0v) is 17.9. The summed E-state index contributed by atoms with van der Waals surface area (Å²) < 4.78 is 5.37. The van der Waals surface area contributed by atoms with Crippen molar-refractivity contribution < 1.29 is 9.53 Å². The molecule has 4 nitrogen and oxygen atoms in total. The Labute approximate surface area is 188 Å². The van der Waals surface area contributed by atoms with E-state index in [4.69, 9.17) is 4.74 Å². The van der Waals surface area contributed by atoms with Gasteiger partial charge in [0, 0.05) is 12.2 Å². The third-order valence-corrected chi connectivity index (χ3v) is 5.85. The van der Waals surface area contributed by atoms with E-state index in [0.29, 0.717) is 12.1 Å². The normalized spacial score (nSPS) is 15.4. The molecule has 0 spiro atoms. The Morgan fingerprint density at radius 3 is 2.06 bits per heavy atom. The predicted molar refractivity (Wildman–Crippen MR) is 128 cm³/mol. The molecule has 0 unspecified atom stereocenters. The van der Waals surface area contributed by atoms with Gasteiger partial charge in [0.1, 0.15) is 11.9 Å². The summed E-state index contributed by atoms with van der Waals surface area (Å²) in [7, 11) is 1.66. The summed E-state index contributed by atoms with van der Waals surface area (Å²) in [6, 6.07) is 36.1. The predicted octanol–water partition coefficient (Wildman–Crippen LogP) is 6.06. The molecule has 0 bridgehead atoms. The Morgan fingerprint density at radius 2 is 1.38 bits per heavy atom. The van der Waals surface area contributed by atoms with Crippen molar-refractivity contribution in [2.24, 2.45) is 0 Å². The van der Waals surface area contributed by atoms with E-state index >= 15 is 0 Å². The van der Waals surface area contributed by atoms with Gasteiger partial charge in [0.2, 0.25) is 0 Å². The lowest BCUT2D eigenvalue weighted by molar-refractivity contribution is 0.0968. The Hall–Kier alpha value is -4.05. The number of carbonyl (C=O) groups excluding carboxylic acids is 1. The molecule has 0 saturated heterocycles. The minimum absolute atomic E-state index is 0.00284. The van der Waals surface area contributed by atoms with Crippen LogP contribution in [0.5, 0.6) is 5.75 Å². The van der Waals surface area contributed by atoms with Gasteiger partial charge in [0.25, 0.3) is 5.91 Å². The number of ether oxygens (including phenoxy) is 1. The second-order valence-corrected chi connectivity index (χ2v) is 7.79. The van der Waals surface area contributed by atoms with Crippen molar-refractivity contribution in [1.82, 2.24) is 0 Å². The molecule has 0 aromatic heterocycles. The van der Waals surface area contributed by atoms with Gasteiger partial charge in [-0.05, 0) is 47.5 Å². The molecule has 0 fully saturated rings. The molecule has 1 aliphatic heterocycles. The zero-order chi connectivity index (χ0) is 21.9. The quantitative estimate of drug-likeness (QED) is 0.393. The first-order valence-electron chi connectivity index (χ1n) is 10.7. The summed E-state index contributed by atoms with van der Waals surface area (Å²) in [5.74, 6) is 0.786. The lowest BCUT2D eigenvalue weighted by Crippen LogP contribution is -2.49. The topological polar surface area (TPSA) is 32.8 Å². The van der Waals surface area contributed by atoms with Gasteiger partial charge in [-0.1, -0.05) is 72.8 Å². The van der Waals surface area contributed by atoms with Crippen LogP contribution in [-0.2, 0) is 6.54 Å². The van der Waals surface area contributed by atoms with Crippen LogP contribution < -0.4 is 14.5 Å². The van der Waals surface area contributed by atoms with Gasteiger partial charge in [-0.25, -0.2) is 0 Å². The maximum Gasteiger partial charge on any atom is 0.262 e. The van der Waals surface area contributed by atoms with Crippen LogP contribution in [0.15, 0.2) is 109 Å². The molecule has 1 aliphatic rings. The minimum Gasteiger partial charge on any atom is -0.497 e. The first-order valence-corrected chi connectivity index (χ1v) is 10.7. The fourth-order valence-corrected chi connectivity index (χ4v) is 4.32. The molecule has 4 heteroatoms. The van der Waals surface area contributed by atoms with Gasteiger partial charge in [-0.3, -0.25) is 9.69 Å². The Morgan fingerprint density at radius 1 is 0.750 bits per heavy atom. The van der Waals surface area contributed by atoms with Gasteiger partial charge in [0.15, 0.2) is 0 Å². The third kappa shape index (κ3) is 3.60. The first-order chi connectivity index (χ1) is 15.8. The number of rotatable bonds is 5. The van der Waals surface area contributed by atoms with Crippen molar-refractivity contribution in [3.8, 4) is 5.75 Å². The van der Waals surface area contributed by atoms with E-state index in [2.05, 4.69) is 17.0 Å². The van der Waals surface area contributed by atoms with Gasteiger partial charge in [-0.2, -0.15) is 0 Å². The summed E-state index contributed by atoms with van der Waals surface area (Å²) in [5, 5.41) is 0. The number of para-hydroxylation sites is 2. The number of fused-ring (bicyclic) bond motifs is 1. The summed E-state index contributed by atoms with van der Waals surface area (Å²) in [4.78, 5) is 18.0. The average Bonchev–Trinajstić information content (AvgIpc) is 2.87. The Bertz CT molecular complexity index is 1210. The van der Waals surface area contributed by atoms with Gasteiger partial charge in [-0.15, -0.1) is 0 Å². The van der Waals surface area contributed by atoms with Gasteiger partial charge < -0.3 is 9.64 Å². The van der Waals surface area contributed by atoms with Crippen molar-refractivity contribution in [2.75, 3.05) is 16.9 Å². The molecular weight excluding hydrogens is 396 g/mol. The van der Waals surface area contributed by atoms with E-state index < -0.39 is 0 Å². The summed E-state index contributed by atoms with van der Waals surface area (Å²) in [6.45, 7) is 0.672. The van der Waals surface area contributed by atoms with E-state index in [1.807, 2.05) is 102 Å². The fourth-order valence-electron chi connectivity index (χ4n) is 4.32. The fraction of sp³-hybridized carbons (Fsp3) is 0.107. The lowest BCUT2D eigenvalue weighted by Gasteiger charge is -2.46. The highest BCUT2D eigenvalue weighted by Crippen LogP contribution is 2.42. The zero-order valence-electron chi connectivity index (χ0n) is 17.9. The molecule has 4 aromatic carbocycles. The molecule has 0 N–H and O–H groups in total. The van der Waals surface area contributed by atoms with Crippen LogP contribution in [0.4, 0.5) is 11.4 Å². The number of anilines is 2. The van der Waals surface area contributed by atoms with Crippen molar-refractivity contribution in [1.29, 1.82) is 0 Å². The highest BCUT2D eigenvalue weighted by molar-refractivity contribution is 6.12. The van der Waals surface area contributed by atoms with Crippen LogP contribution in [0, 0.1) is 0 Å². The highest BCUT2D eigenvalue weighted by Gasteiger charge is 2.39. The highest BCUT2D eigenvalue weighted by atomic mass is 16.5. The van der Waals surface area contributed by atoms with Crippen LogP contribution in [-0.4, -0.2) is 13.0 Å². The molecule has 32 heavy (non-hydrogen) atoms. The number of benzene rings is 4. The second-order valence-electron chi connectivity index (χ2n) is 7.79. The van der Waals surface area contributed by atoms with Crippen LogP contribution in [0.2, 0.25) is 0 Å². The number of hydrogen-bond donors (Lipinski definition) is 0. The second kappa shape index (κ2) is 8.60. The van der Waals surface area contributed by atoms with Crippen molar-refractivity contribution in [2.45, 2.75) is 12.7 Å². The number of methoxy groups -OCH3 is 1. The molecule has 0 aliphatic carbocycles. The molecule has 1 heterocycles. The summed E-state index contributed by atoms with van der Waals surface area (Å²) >= 11 is 0. The van der Waals surface area contributed by atoms with E-state index in [-0.39, 0.29) is 12.1 Å². The van der Waals surface area contributed by atoms with Crippen molar-refractivity contribution in [3.05, 3.63) is 126 Å². The van der Waals surface area contributed by atoms with Crippen LogP contribution in [0.1, 0.15) is 27.7 Å². The lowest BCUT2D eigenvalue weighted by atomic mass is 9.99. The summed E-state index contributed by atoms with van der Waals surface area (Å²) in [5.41, 5.74) is 4.72. The van der Waals surface area contributed by atoms with E-state index in [1.165, 1.54) is 5.56 Å². The Kier molecular flexibility index (Phi) is 5.34. The van der Waals surface area contributed by atoms with E-state index in [9.17, 15) is 4.79 Å². The number of nitrogens with zero attached hydrogens (tertiary/aromatic N) is 2. The third-order valence-electron chi connectivity index (χ3n) is 5.85. The molecule has 4 aromatic rings. The SMILES string of the molecule is COc1ccc([C@H]2N(Cc3ccccc3)c3ccccc3C(=O)N2c2ccccc2)cc1. The molecule has 158 valence electrons. The van der Waals surface area contributed by atoms with Crippen LogP contribution >= 0.6 is 0 Å². The van der Waals surface area contributed by atoms with Gasteiger partial charge in [0.05, 0.1) is 18.4 Å². The maximum absolute atomic E-state index is 13.8.